The lowest BCUT2D eigenvalue weighted by molar-refractivity contribution is -0.111. The first-order valence-corrected chi connectivity index (χ1v) is 11.1. The minimum absolute atomic E-state index is 0.252. The number of carbonyl (C=O) groups is 1. The number of aromatic nitrogens is 4. The first-order valence-electron chi connectivity index (χ1n) is 11.1. The second-order valence-electron chi connectivity index (χ2n) is 8.23. The van der Waals surface area contributed by atoms with Crippen molar-refractivity contribution in [3.8, 4) is 11.1 Å². The monoisotopic (exact) mass is 454 g/mol. The van der Waals surface area contributed by atoms with Crippen LogP contribution in [0.25, 0.3) is 22.0 Å². The maximum Gasteiger partial charge on any atom is 0.247 e. The molecule has 0 bridgehead atoms. The number of benzene rings is 2. The van der Waals surface area contributed by atoms with E-state index >= 15 is 0 Å². The maximum absolute atomic E-state index is 11.7. The van der Waals surface area contributed by atoms with Gasteiger partial charge in [0.1, 0.15) is 5.82 Å². The third kappa shape index (κ3) is 4.60. The molecule has 9 nitrogen and oxygen atoms in total. The molecule has 1 amide bonds. The van der Waals surface area contributed by atoms with E-state index in [-0.39, 0.29) is 5.91 Å². The van der Waals surface area contributed by atoms with Crippen LogP contribution >= 0.6 is 0 Å². The number of aromatic amines is 1. The summed E-state index contributed by atoms with van der Waals surface area (Å²) in [7, 11) is 2.13. The first-order chi connectivity index (χ1) is 16.6. The molecule has 9 heteroatoms. The van der Waals surface area contributed by atoms with Crippen LogP contribution in [0, 0.1) is 0 Å². The molecule has 3 N–H and O–H groups in total. The zero-order valence-electron chi connectivity index (χ0n) is 19.0. The van der Waals surface area contributed by atoms with Crippen LogP contribution in [-0.4, -0.2) is 64.0 Å². The Bertz CT molecular complexity index is 1340. The van der Waals surface area contributed by atoms with Crippen LogP contribution in [0.15, 0.2) is 67.5 Å². The van der Waals surface area contributed by atoms with Crippen molar-refractivity contribution in [3.05, 3.63) is 67.5 Å². The molecule has 0 aliphatic carbocycles. The zero-order valence-corrected chi connectivity index (χ0v) is 19.0. The highest BCUT2D eigenvalue weighted by Gasteiger charge is 2.17. The first kappa shape index (κ1) is 21.6. The van der Waals surface area contributed by atoms with Gasteiger partial charge in [0.2, 0.25) is 17.8 Å². The molecule has 172 valence electrons. The Morgan fingerprint density at radius 3 is 2.76 bits per heavy atom. The average molecular weight is 455 g/mol. The Labute approximate surface area is 197 Å². The summed E-state index contributed by atoms with van der Waals surface area (Å²) >= 11 is 0. The van der Waals surface area contributed by atoms with Gasteiger partial charge in [-0.05, 0) is 30.8 Å². The van der Waals surface area contributed by atoms with Crippen molar-refractivity contribution in [2.75, 3.05) is 48.8 Å². The van der Waals surface area contributed by atoms with Gasteiger partial charge in [0.05, 0.1) is 5.52 Å². The molecular weight excluding hydrogens is 428 g/mol. The summed E-state index contributed by atoms with van der Waals surface area (Å²) in [5.74, 6) is 1.71. The molecule has 2 aromatic heterocycles. The van der Waals surface area contributed by atoms with E-state index in [0.29, 0.717) is 17.6 Å². The number of rotatable bonds is 6. The fraction of sp³-hybridized carbons (Fsp3) is 0.200. The van der Waals surface area contributed by atoms with Gasteiger partial charge < -0.3 is 20.1 Å². The van der Waals surface area contributed by atoms with Gasteiger partial charge in [0.15, 0.2) is 0 Å². The van der Waals surface area contributed by atoms with E-state index < -0.39 is 0 Å². The summed E-state index contributed by atoms with van der Waals surface area (Å²) in [5, 5.41) is 6.92. The Hall–Kier alpha value is -4.24. The summed E-state index contributed by atoms with van der Waals surface area (Å²) in [6.45, 7) is 7.44. The van der Waals surface area contributed by atoms with Crippen LogP contribution in [0.4, 0.5) is 23.4 Å². The molecule has 4 aromatic rings. The topological polar surface area (TPSA) is 102 Å². The second kappa shape index (κ2) is 9.32. The van der Waals surface area contributed by atoms with Gasteiger partial charge in [-0.2, -0.15) is 4.98 Å². The minimum Gasteiger partial charge on any atom is -0.353 e. The quantitative estimate of drug-likeness (QED) is 0.382. The van der Waals surface area contributed by atoms with Crippen molar-refractivity contribution < 1.29 is 4.79 Å². The zero-order chi connectivity index (χ0) is 23.5. The van der Waals surface area contributed by atoms with E-state index in [2.05, 4.69) is 49.0 Å². The lowest BCUT2D eigenvalue weighted by Gasteiger charge is -2.32. The molecule has 2 aromatic carbocycles. The molecular formula is C25H26N8O. The number of nitrogens with zero attached hydrogens (tertiary/aromatic N) is 5. The standard InChI is InChI=1S/C25H26N8O/c1-3-22(34)28-19-8-4-6-17(14-19)20-9-5-7-18-15-26-25(30-23(18)20)31-24-27-16-21(29-24)33-12-10-32(2)11-13-33/h3-9,14-16H,1,10-13H2,2H3,(H,28,34)(H2,26,27,29,30,31). The third-order valence-electron chi connectivity index (χ3n) is 5.86. The van der Waals surface area contributed by atoms with Crippen LogP contribution in [0.2, 0.25) is 0 Å². The number of H-pyrrole nitrogens is 1. The molecule has 1 aliphatic rings. The number of anilines is 4. The summed E-state index contributed by atoms with van der Waals surface area (Å²) in [6, 6.07) is 13.6. The molecule has 1 fully saturated rings. The largest absolute Gasteiger partial charge is 0.353 e. The van der Waals surface area contributed by atoms with Gasteiger partial charge in [-0.15, -0.1) is 0 Å². The number of carbonyl (C=O) groups excluding carboxylic acids is 1. The van der Waals surface area contributed by atoms with Crippen LogP contribution in [0.3, 0.4) is 0 Å². The highest BCUT2D eigenvalue weighted by atomic mass is 16.1. The van der Waals surface area contributed by atoms with Crippen molar-refractivity contribution >= 4 is 40.2 Å². The van der Waals surface area contributed by atoms with Crippen molar-refractivity contribution in [3.63, 3.8) is 0 Å². The number of hydrogen-bond donors (Lipinski definition) is 3. The normalized spacial score (nSPS) is 14.2. The summed E-state index contributed by atoms with van der Waals surface area (Å²) in [6.07, 6.45) is 4.95. The number of fused-ring (bicyclic) bond motifs is 1. The Morgan fingerprint density at radius 2 is 1.94 bits per heavy atom. The summed E-state index contributed by atoms with van der Waals surface area (Å²) in [4.78, 5) is 33.4. The molecule has 0 saturated carbocycles. The second-order valence-corrected chi connectivity index (χ2v) is 8.23. The smallest absolute Gasteiger partial charge is 0.247 e. The highest BCUT2D eigenvalue weighted by molar-refractivity contribution is 6.00. The number of para-hydroxylation sites is 1. The number of hydrogen-bond acceptors (Lipinski definition) is 7. The number of likely N-dealkylation sites (N-methyl/N-ethyl adjacent to an activating group) is 1. The fourth-order valence-electron chi connectivity index (χ4n) is 3.99. The Balaban J connectivity index is 1.41. The molecule has 3 heterocycles. The van der Waals surface area contributed by atoms with E-state index in [1.165, 1.54) is 6.08 Å². The van der Waals surface area contributed by atoms with Crippen LogP contribution in [0.1, 0.15) is 0 Å². The molecule has 5 rings (SSSR count). The molecule has 34 heavy (non-hydrogen) atoms. The highest BCUT2D eigenvalue weighted by Crippen LogP contribution is 2.30. The fourth-order valence-corrected chi connectivity index (χ4v) is 3.99. The van der Waals surface area contributed by atoms with E-state index in [0.717, 1.165) is 54.0 Å². The SMILES string of the molecule is C=CC(=O)Nc1cccc(-c2cccc3cnc(Nc4nc(N5CCN(C)CC5)c[nH]4)nc23)c1. The molecule has 0 spiro atoms. The summed E-state index contributed by atoms with van der Waals surface area (Å²) in [5.41, 5.74) is 3.37. The number of piperazine rings is 1. The van der Waals surface area contributed by atoms with E-state index in [1.807, 2.05) is 48.7 Å². The van der Waals surface area contributed by atoms with Crippen molar-refractivity contribution in [1.82, 2.24) is 24.8 Å². The molecule has 1 aliphatic heterocycles. The number of amides is 1. The van der Waals surface area contributed by atoms with Gasteiger partial charge in [-0.3, -0.25) is 10.1 Å². The predicted octanol–water partition coefficient (Wildman–Crippen LogP) is 3.64. The van der Waals surface area contributed by atoms with Crippen LogP contribution in [0.5, 0.6) is 0 Å². The third-order valence-corrected chi connectivity index (χ3v) is 5.86. The van der Waals surface area contributed by atoms with Gasteiger partial charge >= 0.3 is 0 Å². The van der Waals surface area contributed by atoms with Crippen molar-refractivity contribution in [2.24, 2.45) is 0 Å². The molecule has 0 atom stereocenters. The predicted molar refractivity (Wildman–Crippen MR) is 135 cm³/mol. The Morgan fingerprint density at radius 1 is 1.12 bits per heavy atom. The van der Waals surface area contributed by atoms with E-state index in [9.17, 15) is 4.79 Å². The van der Waals surface area contributed by atoms with Crippen LogP contribution in [-0.2, 0) is 4.79 Å². The van der Waals surface area contributed by atoms with Crippen LogP contribution < -0.4 is 15.5 Å². The van der Waals surface area contributed by atoms with Crippen molar-refractivity contribution in [1.29, 1.82) is 0 Å². The van der Waals surface area contributed by atoms with E-state index in [4.69, 9.17) is 4.98 Å². The molecule has 1 saturated heterocycles. The van der Waals surface area contributed by atoms with Gasteiger partial charge in [0.25, 0.3) is 0 Å². The van der Waals surface area contributed by atoms with Gasteiger partial charge in [-0.1, -0.05) is 36.9 Å². The lowest BCUT2D eigenvalue weighted by Crippen LogP contribution is -2.44. The van der Waals surface area contributed by atoms with Gasteiger partial charge in [0, 0.05) is 55.2 Å². The number of imidazole rings is 1. The Kier molecular flexibility index (Phi) is 5.92. The summed E-state index contributed by atoms with van der Waals surface area (Å²) < 4.78 is 0. The number of nitrogens with one attached hydrogen (secondary N) is 3. The molecule has 0 radical (unpaired) electrons. The lowest BCUT2D eigenvalue weighted by atomic mass is 10.0. The van der Waals surface area contributed by atoms with Crippen molar-refractivity contribution in [2.45, 2.75) is 0 Å². The molecule has 0 unspecified atom stereocenters. The van der Waals surface area contributed by atoms with Gasteiger partial charge in [-0.25, -0.2) is 9.97 Å². The minimum atomic E-state index is -0.252. The maximum atomic E-state index is 11.7. The average Bonchev–Trinajstić information content (AvgIpc) is 3.32. The van der Waals surface area contributed by atoms with E-state index in [1.54, 1.807) is 6.20 Å².